The monoisotopic (exact) mass is 358 g/mol. The van der Waals surface area contributed by atoms with Crippen molar-refractivity contribution < 1.29 is 0 Å². The number of hydrogen-bond acceptors (Lipinski definition) is 4. The van der Waals surface area contributed by atoms with Crippen molar-refractivity contribution in [3.63, 3.8) is 0 Å². The van der Waals surface area contributed by atoms with Crippen molar-refractivity contribution in [3.05, 3.63) is 59.8 Å². The van der Waals surface area contributed by atoms with Gasteiger partial charge in [-0.1, -0.05) is 41.6 Å². The molecule has 0 saturated heterocycles. The highest BCUT2D eigenvalue weighted by Gasteiger charge is 2.32. The summed E-state index contributed by atoms with van der Waals surface area (Å²) < 4.78 is 2.08. The van der Waals surface area contributed by atoms with E-state index in [1.54, 1.807) is 0 Å². The Bertz CT molecular complexity index is 1070. The van der Waals surface area contributed by atoms with Gasteiger partial charge in [0.05, 0.1) is 17.8 Å². The lowest BCUT2D eigenvalue weighted by molar-refractivity contribution is 0.619. The molecule has 0 unspecified atom stereocenters. The van der Waals surface area contributed by atoms with Crippen LogP contribution in [0.15, 0.2) is 48.5 Å². The van der Waals surface area contributed by atoms with E-state index in [1.165, 1.54) is 24.1 Å². The van der Waals surface area contributed by atoms with E-state index >= 15 is 0 Å². The van der Waals surface area contributed by atoms with Gasteiger partial charge in [-0.25, -0.2) is 4.68 Å². The molecule has 1 aliphatic carbocycles. The van der Waals surface area contributed by atoms with Gasteiger partial charge in [-0.3, -0.25) is 5.10 Å². The van der Waals surface area contributed by atoms with Gasteiger partial charge in [0.1, 0.15) is 5.69 Å². The fourth-order valence-corrected chi connectivity index (χ4v) is 3.62. The summed E-state index contributed by atoms with van der Waals surface area (Å²) >= 11 is 0. The van der Waals surface area contributed by atoms with Crippen LogP contribution in [-0.2, 0) is 6.54 Å². The fourth-order valence-electron chi connectivity index (χ4n) is 3.62. The van der Waals surface area contributed by atoms with Crippen molar-refractivity contribution in [2.24, 2.45) is 0 Å². The first-order valence-electron chi connectivity index (χ1n) is 9.53. The molecule has 2 aromatic carbocycles. The Morgan fingerprint density at radius 3 is 2.78 bits per heavy atom. The van der Waals surface area contributed by atoms with Crippen molar-refractivity contribution in [3.8, 4) is 11.3 Å². The van der Waals surface area contributed by atoms with Crippen LogP contribution in [0.4, 0.5) is 5.82 Å². The van der Waals surface area contributed by atoms with E-state index in [0.717, 1.165) is 41.1 Å². The second-order valence-electron chi connectivity index (χ2n) is 7.10. The van der Waals surface area contributed by atoms with Crippen LogP contribution < -0.4 is 5.32 Å². The summed E-state index contributed by atoms with van der Waals surface area (Å²) in [5, 5.41) is 20.9. The Morgan fingerprint density at radius 1 is 1.15 bits per heavy atom. The SMILES string of the molecule is CCNc1n[nH]c2ccc(-c3nnn(Cc4ccccc4)c3C3CC3)cc12. The van der Waals surface area contributed by atoms with Gasteiger partial charge in [-0.2, -0.15) is 5.10 Å². The van der Waals surface area contributed by atoms with Gasteiger partial charge in [-0.05, 0) is 37.5 Å². The molecule has 4 aromatic rings. The minimum atomic E-state index is 0.562. The summed E-state index contributed by atoms with van der Waals surface area (Å²) in [5.74, 6) is 1.45. The highest BCUT2D eigenvalue weighted by atomic mass is 15.4. The van der Waals surface area contributed by atoms with Crippen molar-refractivity contribution in [1.29, 1.82) is 0 Å². The van der Waals surface area contributed by atoms with E-state index in [0.29, 0.717) is 5.92 Å². The molecule has 2 aromatic heterocycles. The van der Waals surface area contributed by atoms with Crippen molar-refractivity contribution >= 4 is 16.7 Å². The van der Waals surface area contributed by atoms with Crippen molar-refractivity contribution in [2.75, 3.05) is 11.9 Å². The van der Waals surface area contributed by atoms with Gasteiger partial charge < -0.3 is 5.32 Å². The Labute approximate surface area is 157 Å². The molecule has 0 atom stereocenters. The number of aromatic nitrogens is 5. The summed E-state index contributed by atoms with van der Waals surface area (Å²) in [6.07, 6.45) is 2.43. The van der Waals surface area contributed by atoms with Crippen LogP contribution in [0.25, 0.3) is 22.2 Å². The zero-order valence-electron chi connectivity index (χ0n) is 15.3. The van der Waals surface area contributed by atoms with E-state index < -0.39 is 0 Å². The van der Waals surface area contributed by atoms with Crippen molar-refractivity contribution in [1.82, 2.24) is 25.2 Å². The van der Waals surface area contributed by atoms with Gasteiger partial charge in [0, 0.05) is 23.4 Å². The number of aromatic amines is 1. The predicted molar refractivity (Wildman–Crippen MR) is 107 cm³/mol. The molecule has 27 heavy (non-hydrogen) atoms. The third-order valence-electron chi connectivity index (χ3n) is 5.09. The first-order valence-corrected chi connectivity index (χ1v) is 9.53. The summed E-state index contributed by atoms with van der Waals surface area (Å²) in [7, 11) is 0. The maximum absolute atomic E-state index is 4.57. The quantitative estimate of drug-likeness (QED) is 0.542. The van der Waals surface area contributed by atoms with Gasteiger partial charge >= 0.3 is 0 Å². The number of hydrogen-bond donors (Lipinski definition) is 2. The number of benzene rings is 2. The molecule has 1 saturated carbocycles. The number of rotatable bonds is 6. The number of nitrogens with one attached hydrogen (secondary N) is 2. The minimum absolute atomic E-state index is 0.562. The fraction of sp³-hybridized carbons (Fsp3) is 0.286. The van der Waals surface area contributed by atoms with Crippen molar-refractivity contribution in [2.45, 2.75) is 32.2 Å². The summed E-state index contributed by atoms with van der Waals surface area (Å²) in [4.78, 5) is 0. The molecule has 0 aliphatic heterocycles. The van der Waals surface area contributed by atoms with E-state index in [1.807, 2.05) is 6.07 Å². The first kappa shape index (κ1) is 16.1. The molecule has 2 N–H and O–H groups in total. The van der Waals surface area contributed by atoms with E-state index in [2.05, 4.69) is 79.9 Å². The maximum Gasteiger partial charge on any atom is 0.155 e. The topological polar surface area (TPSA) is 71.4 Å². The second-order valence-corrected chi connectivity index (χ2v) is 7.10. The van der Waals surface area contributed by atoms with E-state index in [4.69, 9.17) is 0 Å². The predicted octanol–water partition coefficient (Wildman–Crippen LogP) is 4.18. The lowest BCUT2D eigenvalue weighted by Gasteiger charge is -2.08. The first-order chi connectivity index (χ1) is 13.3. The molecule has 5 rings (SSSR count). The standard InChI is InChI=1S/C21H22N6/c1-2-22-21-17-12-16(10-11-18(17)23-25-21)19-20(15-8-9-15)27(26-24-19)13-14-6-4-3-5-7-14/h3-7,10-12,15H,2,8-9,13H2,1H3,(H2,22,23,25). The highest BCUT2D eigenvalue weighted by Crippen LogP contribution is 2.44. The molecule has 0 bridgehead atoms. The van der Waals surface area contributed by atoms with Gasteiger partial charge in [0.2, 0.25) is 0 Å². The molecule has 0 spiro atoms. The minimum Gasteiger partial charge on any atom is -0.368 e. The van der Waals surface area contributed by atoms with Crippen LogP contribution >= 0.6 is 0 Å². The lowest BCUT2D eigenvalue weighted by Crippen LogP contribution is -2.06. The highest BCUT2D eigenvalue weighted by molar-refractivity contribution is 5.93. The Balaban J connectivity index is 1.57. The average molecular weight is 358 g/mol. The Morgan fingerprint density at radius 2 is 2.00 bits per heavy atom. The zero-order chi connectivity index (χ0) is 18.2. The average Bonchev–Trinajstić information content (AvgIpc) is 3.34. The summed E-state index contributed by atoms with van der Waals surface area (Å²) in [6.45, 7) is 3.67. The zero-order valence-corrected chi connectivity index (χ0v) is 15.3. The molecule has 0 amide bonds. The molecule has 1 aliphatic rings. The van der Waals surface area contributed by atoms with Crippen LogP contribution in [0.2, 0.25) is 0 Å². The van der Waals surface area contributed by atoms with E-state index in [9.17, 15) is 0 Å². The number of nitrogens with zero attached hydrogens (tertiary/aromatic N) is 4. The molecular formula is C21H22N6. The van der Waals surface area contributed by atoms with Crippen LogP contribution in [-0.4, -0.2) is 31.7 Å². The lowest BCUT2D eigenvalue weighted by atomic mass is 10.1. The van der Waals surface area contributed by atoms with Gasteiger partial charge in [-0.15, -0.1) is 5.10 Å². The molecule has 0 radical (unpaired) electrons. The molecule has 6 nitrogen and oxygen atoms in total. The number of fused-ring (bicyclic) bond motifs is 1. The number of H-pyrrole nitrogens is 1. The largest absolute Gasteiger partial charge is 0.368 e. The number of anilines is 1. The third-order valence-corrected chi connectivity index (χ3v) is 5.09. The Hall–Kier alpha value is -3.15. The van der Waals surface area contributed by atoms with Gasteiger partial charge in [0.15, 0.2) is 5.82 Å². The Kier molecular flexibility index (Phi) is 3.89. The summed E-state index contributed by atoms with van der Waals surface area (Å²) in [6, 6.07) is 16.8. The van der Waals surface area contributed by atoms with Crippen LogP contribution in [0.1, 0.15) is 36.9 Å². The van der Waals surface area contributed by atoms with E-state index in [-0.39, 0.29) is 0 Å². The maximum atomic E-state index is 4.57. The van der Waals surface area contributed by atoms with Gasteiger partial charge in [0.25, 0.3) is 0 Å². The molecule has 2 heterocycles. The second kappa shape index (κ2) is 6.54. The molecule has 6 heteroatoms. The normalized spacial score (nSPS) is 14.0. The van der Waals surface area contributed by atoms with Crippen LogP contribution in [0.3, 0.4) is 0 Å². The molecule has 1 fully saturated rings. The van der Waals surface area contributed by atoms with Crippen LogP contribution in [0.5, 0.6) is 0 Å². The molecular weight excluding hydrogens is 336 g/mol. The van der Waals surface area contributed by atoms with Crippen LogP contribution in [0, 0.1) is 0 Å². The molecule has 136 valence electrons. The smallest absolute Gasteiger partial charge is 0.155 e. The third kappa shape index (κ3) is 2.97. The summed E-state index contributed by atoms with van der Waals surface area (Å²) in [5.41, 5.74) is 5.63.